The highest BCUT2D eigenvalue weighted by Gasteiger charge is 2.41. The molecule has 1 N–H and O–H groups in total. The Bertz CT molecular complexity index is 214. The van der Waals surface area contributed by atoms with E-state index < -0.39 is 0 Å². The Kier molecular flexibility index (Phi) is 3.34. The number of nitrogens with one attached hydrogen (secondary N) is 1. The Morgan fingerprint density at radius 3 is 2.40 bits per heavy atom. The molecule has 0 aromatic heterocycles. The van der Waals surface area contributed by atoms with E-state index in [0.717, 1.165) is 13.2 Å². The van der Waals surface area contributed by atoms with Crippen LogP contribution >= 0.6 is 11.8 Å². The molecule has 15 heavy (non-hydrogen) atoms. The molecule has 2 rings (SSSR count). The van der Waals surface area contributed by atoms with E-state index in [9.17, 15) is 0 Å². The van der Waals surface area contributed by atoms with E-state index in [1.54, 1.807) is 0 Å². The van der Waals surface area contributed by atoms with Crippen LogP contribution in [0.5, 0.6) is 0 Å². The van der Waals surface area contributed by atoms with Crippen molar-refractivity contribution in [2.45, 2.75) is 39.3 Å². The Hall–Kier alpha value is 0.270. The van der Waals surface area contributed by atoms with Crippen LogP contribution in [0.1, 0.15) is 33.6 Å². The Labute approximate surface area is 97.5 Å². The lowest BCUT2D eigenvalue weighted by molar-refractivity contribution is -0.158. The fourth-order valence-corrected chi connectivity index (χ4v) is 3.48. The number of ether oxygens (including phenoxy) is 1. The summed E-state index contributed by atoms with van der Waals surface area (Å²) in [7, 11) is 0. The second-order valence-electron chi connectivity index (χ2n) is 5.80. The summed E-state index contributed by atoms with van der Waals surface area (Å²) in [6.45, 7) is 8.72. The van der Waals surface area contributed by atoms with E-state index in [2.05, 4.69) is 37.8 Å². The summed E-state index contributed by atoms with van der Waals surface area (Å²) in [5.41, 5.74) is 0.236. The lowest BCUT2D eigenvalue weighted by Crippen LogP contribution is -2.60. The molecule has 2 nitrogen and oxygen atoms in total. The molecule has 2 aliphatic heterocycles. The summed E-state index contributed by atoms with van der Waals surface area (Å²) in [6.07, 6.45) is 2.60. The monoisotopic (exact) mass is 229 g/mol. The Morgan fingerprint density at radius 1 is 1.20 bits per heavy atom. The second-order valence-corrected chi connectivity index (χ2v) is 7.02. The van der Waals surface area contributed by atoms with E-state index in [1.165, 1.54) is 24.3 Å². The van der Waals surface area contributed by atoms with E-state index in [4.69, 9.17) is 4.74 Å². The molecule has 2 fully saturated rings. The molecule has 88 valence electrons. The third kappa shape index (κ3) is 2.69. The average Bonchev–Trinajstić information content (AvgIpc) is 2.24. The zero-order chi connectivity index (χ0) is 10.9. The maximum atomic E-state index is 6.10. The van der Waals surface area contributed by atoms with Crippen molar-refractivity contribution in [1.29, 1.82) is 0 Å². The molecule has 1 atom stereocenters. The fraction of sp³-hybridized carbons (Fsp3) is 1.00. The van der Waals surface area contributed by atoms with Crippen molar-refractivity contribution < 1.29 is 4.74 Å². The molecule has 3 heteroatoms. The number of hydrogen-bond acceptors (Lipinski definition) is 3. The lowest BCUT2D eigenvalue weighted by Gasteiger charge is -2.47. The fourth-order valence-electron chi connectivity index (χ4n) is 2.37. The van der Waals surface area contributed by atoms with Gasteiger partial charge in [-0.1, -0.05) is 13.8 Å². The highest BCUT2D eigenvalue weighted by Crippen LogP contribution is 2.36. The van der Waals surface area contributed by atoms with Crippen LogP contribution in [0.4, 0.5) is 0 Å². The molecule has 2 heterocycles. The van der Waals surface area contributed by atoms with Gasteiger partial charge in [0.25, 0.3) is 0 Å². The van der Waals surface area contributed by atoms with Gasteiger partial charge in [-0.3, -0.25) is 5.32 Å². The summed E-state index contributed by atoms with van der Waals surface area (Å²) in [5.74, 6) is 3.30. The minimum atomic E-state index is -0.0590. The first kappa shape index (κ1) is 11.7. The molecular weight excluding hydrogens is 206 g/mol. The topological polar surface area (TPSA) is 21.3 Å². The van der Waals surface area contributed by atoms with Gasteiger partial charge in [-0.15, -0.1) is 0 Å². The molecule has 0 bridgehead atoms. The Balaban J connectivity index is 1.95. The molecule has 2 aliphatic rings. The molecule has 0 spiro atoms. The summed E-state index contributed by atoms with van der Waals surface area (Å²) >= 11 is 2.08. The average molecular weight is 229 g/mol. The predicted molar refractivity (Wildman–Crippen MR) is 66.2 cm³/mol. The van der Waals surface area contributed by atoms with E-state index in [0.29, 0.717) is 11.3 Å². The smallest absolute Gasteiger partial charge is 0.119 e. The number of hydrogen-bond donors (Lipinski definition) is 1. The minimum Gasteiger partial charge on any atom is -0.360 e. The largest absolute Gasteiger partial charge is 0.360 e. The molecule has 1 unspecified atom stereocenters. The standard InChI is InChI=1S/C12H23NOS/c1-11(2)8-13-12(3,14-9-11)10-4-6-15-7-5-10/h10,13H,4-9H2,1-3H3. The molecule has 0 radical (unpaired) electrons. The predicted octanol–water partition coefficient (Wildman–Crippen LogP) is 2.49. The van der Waals surface area contributed by atoms with Crippen molar-refractivity contribution in [3.05, 3.63) is 0 Å². The van der Waals surface area contributed by atoms with Crippen LogP contribution < -0.4 is 5.32 Å². The minimum absolute atomic E-state index is 0.0590. The molecular formula is C12H23NOS. The maximum absolute atomic E-state index is 6.10. The van der Waals surface area contributed by atoms with Crippen LogP contribution in [0.3, 0.4) is 0 Å². The van der Waals surface area contributed by atoms with Gasteiger partial charge in [0.2, 0.25) is 0 Å². The molecule has 0 aromatic rings. The van der Waals surface area contributed by atoms with E-state index in [1.807, 2.05) is 0 Å². The SMILES string of the molecule is CC1(C)CNC(C)(C2CCSCC2)OC1. The van der Waals surface area contributed by atoms with Gasteiger partial charge in [0.05, 0.1) is 6.61 Å². The van der Waals surface area contributed by atoms with Crippen LogP contribution in [0.2, 0.25) is 0 Å². The van der Waals surface area contributed by atoms with Gasteiger partial charge < -0.3 is 4.74 Å². The summed E-state index contributed by atoms with van der Waals surface area (Å²) in [5, 5.41) is 3.62. The van der Waals surface area contributed by atoms with Crippen LogP contribution in [-0.4, -0.2) is 30.4 Å². The first-order valence-corrected chi connectivity index (χ1v) is 7.14. The zero-order valence-electron chi connectivity index (χ0n) is 10.1. The second kappa shape index (κ2) is 4.27. The summed E-state index contributed by atoms with van der Waals surface area (Å²) < 4.78 is 6.10. The van der Waals surface area contributed by atoms with Crippen molar-refractivity contribution in [2.24, 2.45) is 11.3 Å². The van der Waals surface area contributed by atoms with E-state index in [-0.39, 0.29) is 5.72 Å². The summed E-state index contributed by atoms with van der Waals surface area (Å²) in [6, 6.07) is 0. The third-order valence-corrected chi connectivity index (χ3v) is 4.73. The molecule has 0 amide bonds. The van der Waals surface area contributed by atoms with Gasteiger partial charge in [0, 0.05) is 17.9 Å². The van der Waals surface area contributed by atoms with Gasteiger partial charge in [-0.25, -0.2) is 0 Å². The highest BCUT2D eigenvalue weighted by atomic mass is 32.2. The number of rotatable bonds is 1. The van der Waals surface area contributed by atoms with Crippen LogP contribution in [0.25, 0.3) is 0 Å². The van der Waals surface area contributed by atoms with Crippen molar-refractivity contribution >= 4 is 11.8 Å². The third-order valence-electron chi connectivity index (χ3n) is 3.68. The van der Waals surface area contributed by atoms with Crippen molar-refractivity contribution in [3.63, 3.8) is 0 Å². The first-order valence-electron chi connectivity index (χ1n) is 5.99. The summed E-state index contributed by atoms with van der Waals surface area (Å²) in [4.78, 5) is 0. The van der Waals surface area contributed by atoms with Gasteiger partial charge in [0.15, 0.2) is 0 Å². The highest BCUT2D eigenvalue weighted by molar-refractivity contribution is 7.99. The van der Waals surface area contributed by atoms with Crippen LogP contribution in [-0.2, 0) is 4.74 Å². The molecule has 0 aliphatic carbocycles. The lowest BCUT2D eigenvalue weighted by atomic mass is 9.86. The molecule has 0 aromatic carbocycles. The van der Waals surface area contributed by atoms with Crippen molar-refractivity contribution in [2.75, 3.05) is 24.7 Å². The number of thioether (sulfide) groups is 1. The maximum Gasteiger partial charge on any atom is 0.119 e. The van der Waals surface area contributed by atoms with Crippen molar-refractivity contribution in [3.8, 4) is 0 Å². The first-order chi connectivity index (χ1) is 7.02. The normalized spacial score (nSPS) is 37.8. The Morgan fingerprint density at radius 2 is 1.87 bits per heavy atom. The molecule has 2 saturated heterocycles. The van der Waals surface area contributed by atoms with Gasteiger partial charge in [-0.2, -0.15) is 11.8 Å². The van der Waals surface area contributed by atoms with Gasteiger partial charge >= 0.3 is 0 Å². The quantitative estimate of drug-likeness (QED) is 0.746. The zero-order valence-corrected chi connectivity index (χ0v) is 11.0. The van der Waals surface area contributed by atoms with Crippen LogP contribution in [0.15, 0.2) is 0 Å². The van der Waals surface area contributed by atoms with Crippen molar-refractivity contribution in [1.82, 2.24) is 5.32 Å². The van der Waals surface area contributed by atoms with Gasteiger partial charge in [0.1, 0.15) is 5.72 Å². The molecule has 0 saturated carbocycles. The van der Waals surface area contributed by atoms with E-state index >= 15 is 0 Å². The van der Waals surface area contributed by atoms with Crippen LogP contribution in [0, 0.1) is 11.3 Å². The van der Waals surface area contributed by atoms with Gasteiger partial charge in [-0.05, 0) is 31.3 Å².